The van der Waals surface area contributed by atoms with Crippen LogP contribution in [-0.4, -0.2) is 9.78 Å². The summed E-state index contributed by atoms with van der Waals surface area (Å²) in [5.74, 6) is 0. The average molecular weight is 438 g/mol. The topological polar surface area (TPSA) is 29.9 Å². The van der Waals surface area contributed by atoms with Gasteiger partial charge in [0.25, 0.3) is 0 Å². The maximum Gasteiger partial charge on any atom is 0.0632 e. The maximum absolute atomic E-state index is 4.23. The molecule has 0 aliphatic rings. The minimum atomic E-state index is 0.749. The smallest absolute Gasteiger partial charge is 0.0632 e. The van der Waals surface area contributed by atoms with Crippen molar-refractivity contribution in [2.45, 2.75) is 13.5 Å². The van der Waals surface area contributed by atoms with E-state index in [-0.39, 0.29) is 0 Å². The second-order valence-electron chi connectivity index (χ2n) is 3.98. The highest BCUT2D eigenvalue weighted by molar-refractivity contribution is 9.11. The number of nitrogens with one attached hydrogen (secondary N) is 1. The highest BCUT2D eigenvalue weighted by Crippen LogP contribution is 2.34. The van der Waals surface area contributed by atoms with E-state index in [0.717, 1.165) is 25.7 Å². The lowest BCUT2D eigenvalue weighted by Crippen LogP contribution is -2.02. The molecule has 0 saturated carbocycles. The summed E-state index contributed by atoms with van der Waals surface area (Å²) in [6.45, 7) is 2.81. The largest absolute Gasteiger partial charge is 0.379 e. The lowest BCUT2D eigenvalue weighted by atomic mass is 10.2. The zero-order valence-corrected chi connectivity index (χ0v) is 14.7. The molecule has 0 atom stereocenters. The van der Waals surface area contributed by atoms with Crippen LogP contribution in [0.4, 0.5) is 5.69 Å². The highest BCUT2D eigenvalue weighted by Gasteiger charge is 2.08. The van der Waals surface area contributed by atoms with Crippen LogP contribution in [0.3, 0.4) is 0 Å². The molecule has 6 heteroatoms. The van der Waals surface area contributed by atoms with Gasteiger partial charge in [0.05, 0.1) is 11.9 Å². The van der Waals surface area contributed by atoms with Crippen LogP contribution in [0.1, 0.15) is 11.3 Å². The summed E-state index contributed by atoms with van der Waals surface area (Å²) in [6, 6.07) is 4.03. The average Bonchev–Trinajstić information content (AvgIpc) is 2.59. The number of aryl methyl sites for hydroxylation is 1. The molecule has 0 unspecified atom stereocenters. The molecule has 0 fully saturated rings. The van der Waals surface area contributed by atoms with Crippen molar-refractivity contribution in [1.29, 1.82) is 0 Å². The van der Waals surface area contributed by atoms with Crippen LogP contribution in [0.15, 0.2) is 31.7 Å². The molecule has 1 N–H and O–H groups in total. The first kappa shape index (κ1) is 14.1. The third kappa shape index (κ3) is 2.97. The van der Waals surface area contributed by atoms with E-state index in [1.165, 1.54) is 11.3 Å². The van der Waals surface area contributed by atoms with Crippen molar-refractivity contribution in [1.82, 2.24) is 9.78 Å². The van der Waals surface area contributed by atoms with Crippen LogP contribution in [0.25, 0.3) is 0 Å². The standard InChI is InChI=1S/C12H12Br3N3/c1-7-8(6-17-18(7)2)5-16-12-10(14)3-9(13)4-11(12)15/h3-4,6,16H,5H2,1-2H3. The molecule has 1 heterocycles. The second kappa shape index (κ2) is 5.75. The fourth-order valence-corrected chi connectivity index (χ4v) is 4.15. The Kier molecular flexibility index (Phi) is 4.50. The summed E-state index contributed by atoms with van der Waals surface area (Å²) in [5, 5.41) is 7.64. The Morgan fingerprint density at radius 3 is 2.33 bits per heavy atom. The van der Waals surface area contributed by atoms with E-state index in [4.69, 9.17) is 0 Å². The zero-order valence-electron chi connectivity index (χ0n) is 9.97. The lowest BCUT2D eigenvalue weighted by molar-refractivity contribution is 0.738. The van der Waals surface area contributed by atoms with Gasteiger partial charge in [-0.15, -0.1) is 0 Å². The second-order valence-corrected chi connectivity index (χ2v) is 6.60. The molecule has 1 aromatic carbocycles. The summed E-state index contributed by atoms with van der Waals surface area (Å²) in [5.41, 5.74) is 3.41. The number of benzene rings is 1. The van der Waals surface area contributed by atoms with Crippen LogP contribution in [-0.2, 0) is 13.6 Å². The van der Waals surface area contributed by atoms with Gasteiger partial charge in [-0.2, -0.15) is 5.10 Å². The number of hydrogen-bond donors (Lipinski definition) is 1. The van der Waals surface area contributed by atoms with Gasteiger partial charge in [-0.1, -0.05) is 15.9 Å². The number of nitrogens with zero attached hydrogens (tertiary/aromatic N) is 2. The van der Waals surface area contributed by atoms with Crippen molar-refractivity contribution in [3.8, 4) is 0 Å². The van der Waals surface area contributed by atoms with E-state index in [9.17, 15) is 0 Å². The molecule has 1 aromatic heterocycles. The summed E-state index contributed by atoms with van der Waals surface area (Å²) in [4.78, 5) is 0. The summed E-state index contributed by atoms with van der Waals surface area (Å²) in [7, 11) is 1.95. The molecule has 0 saturated heterocycles. The Labute approximate surface area is 131 Å². The molecule has 0 aliphatic carbocycles. The number of rotatable bonds is 3. The van der Waals surface area contributed by atoms with Gasteiger partial charge in [0, 0.05) is 38.3 Å². The summed E-state index contributed by atoms with van der Waals surface area (Å²) < 4.78 is 4.95. The van der Waals surface area contributed by atoms with Gasteiger partial charge in [-0.3, -0.25) is 4.68 Å². The van der Waals surface area contributed by atoms with Gasteiger partial charge in [0.2, 0.25) is 0 Å². The molecule has 0 radical (unpaired) electrons. The Balaban J connectivity index is 2.18. The summed E-state index contributed by atoms with van der Waals surface area (Å²) in [6.07, 6.45) is 1.89. The normalized spacial score (nSPS) is 10.7. The van der Waals surface area contributed by atoms with E-state index in [2.05, 4.69) is 65.1 Å². The summed E-state index contributed by atoms with van der Waals surface area (Å²) >= 11 is 10.6. The van der Waals surface area contributed by atoms with Crippen LogP contribution in [0, 0.1) is 6.92 Å². The molecule has 2 rings (SSSR count). The molecular formula is C12H12Br3N3. The molecule has 3 nitrogen and oxygen atoms in total. The van der Waals surface area contributed by atoms with Gasteiger partial charge < -0.3 is 5.32 Å². The molecule has 0 bridgehead atoms. The van der Waals surface area contributed by atoms with Gasteiger partial charge in [0.15, 0.2) is 0 Å². The minimum absolute atomic E-state index is 0.749. The first-order chi connectivity index (χ1) is 8.49. The number of hydrogen-bond acceptors (Lipinski definition) is 2. The monoisotopic (exact) mass is 435 g/mol. The van der Waals surface area contributed by atoms with Gasteiger partial charge in [-0.05, 0) is 50.9 Å². The Bertz CT molecular complexity index is 555. The van der Waals surface area contributed by atoms with Crippen LogP contribution < -0.4 is 5.32 Å². The van der Waals surface area contributed by atoms with Crippen LogP contribution in [0.5, 0.6) is 0 Å². The van der Waals surface area contributed by atoms with Gasteiger partial charge in [0.1, 0.15) is 0 Å². The Hall–Kier alpha value is -0.330. The highest BCUT2D eigenvalue weighted by atomic mass is 79.9. The quantitative estimate of drug-likeness (QED) is 0.758. The van der Waals surface area contributed by atoms with Crippen molar-refractivity contribution in [2.75, 3.05) is 5.32 Å². The zero-order chi connectivity index (χ0) is 13.3. The molecule has 2 aromatic rings. The fourth-order valence-electron chi connectivity index (χ4n) is 1.61. The molecule has 0 aliphatic heterocycles. The predicted molar refractivity (Wildman–Crippen MR) is 84.8 cm³/mol. The third-order valence-corrected chi connectivity index (χ3v) is 4.51. The van der Waals surface area contributed by atoms with E-state index in [1.54, 1.807) is 0 Å². The third-order valence-electron chi connectivity index (χ3n) is 2.80. The Morgan fingerprint density at radius 1 is 1.22 bits per heavy atom. The number of aromatic nitrogens is 2. The van der Waals surface area contributed by atoms with Crippen molar-refractivity contribution < 1.29 is 0 Å². The fraction of sp³-hybridized carbons (Fsp3) is 0.250. The van der Waals surface area contributed by atoms with Crippen LogP contribution in [0.2, 0.25) is 0 Å². The van der Waals surface area contributed by atoms with E-state index in [1.807, 2.05) is 30.1 Å². The molecule has 0 amide bonds. The van der Waals surface area contributed by atoms with E-state index >= 15 is 0 Å². The minimum Gasteiger partial charge on any atom is -0.379 e. The lowest BCUT2D eigenvalue weighted by Gasteiger charge is -2.11. The number of halogens is 3. The first-order valence-electron chi connectivity index (χ1n) is 5.35. The molecule has 0 spiro atoms. The van der Waals surface area contributed by atoms with E-state index < -0.39 is 0 Å². The van der Waals surface area contributed by atoms with Crippen molar-refractivity contribution >= 4 is 53.5 Å². The SMILES string of the molecule is Cc1c(CNc2c(Br)cc(Br)cc2Br)cnn1C. The van der Waals surface area contributed by atoms with Gasteiger partial charge in [-0.25, -0.2) is 0 Å². The van der Waals surface area contributed by atoms with Crippen molar-refractivity contribution in [3.63, 3.8) is 0 Å². The van der Waals surface area contributed by atoms with Crippen molar-refractivity contribution in [3.05, 3.63) is 43.0 Å². The Morgan fingerprint density at radius 2 is 1.83 bits per heavy atom. The van der Waals surface area contributed by atoms with E-state index in [0.29, 0.717) is 0 Å². The van der Waals surface area contributed by atoms with Gasteiger partial charge >= 0.3 is 0 Å². The molecule has 18 heavy (non-hydrogen) atoms. The van der Waals surface area contributed by atoms with Crippen molar-refractivity contribution in [2.24, 2.45) is 7.05 Å². The molecule has 96 valence electrons. The predicted octanol–water partition coefficient (Wildman–Crippen LogP) is 4.63. The molecular weight excluding hydrogens is 426 g/mol. The maximum atomic E-state index is 4.23. The van der Waals surface area contributed by atoms with Crippen LogP contribution >= 0.6 is 47.8 Å². The number of anilines is 1. The first-order valence-corrected chi connectivity index (χ1v) is 7.73.